The molecular weight excluding hydrogens is 288 g/mol. The van der Waals surface area contributed by atoms with Gasteiger partial charge in [-0.3, -0.25) is 4.79 Å². The molecule has 1 amide bonds. The number of thiol groups is 1. The van der Waals surface area contributed by atoms with Crippen molar-refractivity contribution in [3.63, 3.8) is 0 Å². The maximum absolute atomic E-state index is 12.1. The Bertz CT molecular complexity index is 521. The molecule has 114 valence electrons. The van der Waals surface area contributed by atoms with E-state index in [1.807, 2.05) is 6.92 Å². The van der Waals surface area contributed by atoms with Gasteiger partial charge in [-0.2, -0.15) is 12.6 Å². The number of amides is 1. The number of benzene rings is 1. The summed E-state index contributed by atoms with van der Waals surface area (Å²) in [6.07, 6.45) is 1.48. The first kappa shape index (κ1) is 15.9. The lowest BCUT2D eigenvalue weighted by atomic mass is 10.1. The highest BCUT2D eigenvalue weighted by atomic mass is 32.1. The van der Waals surface area contributed by atoms with Gasteiger partial charge >= 0.3 is 5.97 Å². The van der Waals surface area contributed by atoms with Gasteiger partial charge < -0.3 is 15.4 Å². The Morgan fingerprint density at radius 3 is 2.95 bits per heavy atom. The molecule has 1 heterocycles. The fourth-order valence-electron chi connectivity index (χ4n) is 2.15. The van der Waals surface area contributed by atoms with Gasteiger partial charge in [0.15, 0.2) is 0 Å². The van der Waals surface area contributed by atoms with Crippen molar-refractivity contribution < 1.29 is 14.3 Å². The predicted molar refractivity (Wildman–Crippen MR) is 84.8 cm³/mol. The third-order valence-electron chi connectivity index (χ3n) is 3.23. The summed E-state index contributed by atoms with van der Waals surface area (Å²) in [5, 5.41) is 6.13. The van der Waals surface area contributed by atoms with Crippen LogP contribution in [0.15, 0.2) is 24.3 Å². The zero-order chi connectivity index (χ0) is 15.2. The molecular formula is C15H20N2O3S. The molecule has 1 aromatic rings. The van der Waals surface area contributed by atoms with Crippen molar-refractivity contribution in [3.8, 4) is 0 Å². The lowest BCUT2D eigenvalue weighted by molar-refractivity contribution is -0.117. The average molecular weight is 308 g/mol. The van der Waals surface area contributed by atoms with Crippen LogP contribution in [0.25, 0.3) is 0 Å². The summed E-state index contributed by atoms with van der Waals surface area (Å²) in [5.74, 6) is -0.479. The Balaban J connectivity index is 1.97. The molecule has 0 bridgehead atoms. The van der Waals surface area contributed by atoms with E-state index in [9.17, 15) is 9.59 Å². The maximum Gasteiger partial charge on any atom is 0.338 e. The molecule has 21 heavy (non-hydrogen) atoms. The van der Waals surface area contributed by atoms with Crippen molar-refractivity contribution in [1.29, 1.82) is 0 Å². The van der Waals surface area contributed by atoms with E-state index in [0.717, 1.165) is 13.0 Å². The second-order valence-corrected chi connectivity index (χ2v) is 5.79. The normalized spacial score (nSPS) is 21.0. The fourth-order valence-corrected chi connectivity index (χ4v) is 2.46. The Morgan fingerprint density at radius 2 is 2.29 bits per heavy atom. The Kier molecular flexibility index (Phi) is 5.64. The second-order valence-electron chi connectivity index (χ2n) is 5.06. The summed E-state index contributed by atoms with van der Waals surface area (Å²) in [6.45, 7) is 3.06. The standard InChI is InChI=1S/C15H20N2O3S/c1-2-6-20-15(19)10-4-3-5-11(7-10)17-14(18)13-8-12(21)9-16-13/h3-5,7,12-13,16,21H,2,6,8-9H2,1H3,(H,17,18). The smallest absolute Gasteiger partial charge is 0.338 e. The molecule has 1 fully saturated rings. The van der Waals surface area contributed by atoms with E-state index < -0.39 is 0 Å². The maximum atomic E-state index is 12.1. The molecule has 2 atom stereocenters. The number of hydrogen-bond donors (Lipinski definition) is 3. The third-order valence-corrected chi connectivity index (χ3v) is 3.62. The number of carbonyl (C=O) groups is 2. The molecule has 0 aromatic heterocycles. The van der Waals surface area contributed by atoms with E-state index >= 15 is 0 Å². The molecule has 0 radical (unpaired) electrons. The summed E-state index contributed by atoms with van der Waals surface area (Å²) in [4.78, 5) is 23.9. The molecule has 1 aromatic carbocycles. The van der Waals surface area contributed by atoms with E-state index in [0.29, 0.717) is 24.3 Å². The van der Waals surface area contributed by atoms with E-state index in [2.05, 4.69) is 23.3 Å². The van der Waals surface area contributed by atoms with Crippen LogP contribution < -0.4 is 10.6 Å². The van der Waals surface area contributed by atoms with Crippen LogP contribution >= 0.6 is 12.6 Å². The van der Waals surface area contributed by atoms with Gasteiger partial charge in [0.05, 0.1) is 18.2 Å². The summed E-state index contributed by atoms with van der Waals surface area (Å²) < 4.78 is 5.08. The molecule has 2 rings (SSSR count). The lowest BCUT2D eigenvalue weighted by Gasteiger charge is -2.12. The summed E-state index contributed by atoms with van der Waals surface area (Å²) >= 11 is 4.34. The Labute approximate surface area is 129 Å². The zero-order valence-electron chi connectivity index (χ0n) is 12.0. The summed E-state index contributed by atoms with van der Waals surface area (Å²) in [7, 11) is 0. The minimum absolute atomic E-state index is 0.106. The van der Waals surface area contributed by atoms with Gasteiger partial charge in [-0.05, 0) is 31.0 Å². The van der Waals surface area contributed by atoms with E-state index in [-0.39, 0.29) is 23.2 Å². The SMILES string of the molecule is CCCOC(=O)c1cccc(NC(=O)C2CC(S)CN2)c1. The number of anilines is 1. The van der Waals surface area contributed by atoms with Gasteiger partial charge in [-0.1, -0.05) is 13.0 Å². The van der Waals surface area contributed by atoms with Crippen LogP contribution in [-0.2, 0) is 9.53 Å². The average Bonchev–Trinajstić information content (AvgIpc) is 2.91. The van der Waals surface area contributed by atoms with Crippen molar-refractivity contribution in [3.05, 3.63) is 29.8 Å². The highest BCUT2D eigenvalue weighted by Gasteiger charge is 2.27. The van der Waals surface area contributed by atoms with E-state index in [1.165, 1.54) is 0 Å². The Morgan fingerprint density at radius 1 is 1.48 bits per heavy atom. The molecule has 0 saturated carbocycles. The first-order chi connectivity index (χ1) is 10.1. The lowest BCUT2D eigenvalue weighted by Crippen LogP contribution is -2.35. The van der Waals surface area contributed by atoms with Crippen LogP contribution in [-0.4, -0.2) is 36.3 Å². The third kappa shape index (κ3) is 4.47. The van der Waals surface area contributed by atoms with Gasteiger partial charge in [0.25, 0.3) is 0 Å². The number of esters is 1. The molecule has 6 heteroatoms. The van der Waals surface area contributed by atoms with Crippen LogP contribution in [0.4, 0.5) is 5.69 Å². The highest BCUT2D eigenvalue weighted by Crippen LogP contribution is 2.16. The highest BCUT2D eigenvalue weighted by molar-refractivity contribution is 7.81. The minimum atomic E-state index is -0.373. The summed E-state index contributed by atoms with van der Waals surface area (Å²) in [6, 6.07) is 6.54. The molecule has 1 aliphatic rings. The van der Waals surface area contributed by atoms with E-state index in [1.54, 1.807) is 24.3 Å². The minimum Gasteiger partial charge on any atom is -0.462 e. The van der Waals surface area contributed by atoms with Crippen LogP contribution in [0.2, 0.25) is 0 Å². The van der Waals surface area contributed by atoms with Crippen molar-refractivity contribution in [1.82, 2.24) is 5.32 Å². The quantitative estimate of drug-likeness (QED) is 0.574. The fraction of sp³-hybridized carbons (Fsp3) is 0.467. The molecule has 1 aliphatic heterocycles. The molecule has 0 spiro atoms. The molecule has 2 unspecified atom stereocenters. The van der Waals surface area contributed by atoms with Crippen molar-refractivity contribution >= 4 is 30.2 Å². The largest absolute Gasteiger partial charge is 0.462 e. The van der Waals surface area contributed by atoms with Gasteiger partial charge in [0.1, 0.15) is 0 Å². The number of hydrogen-bond acceptors (Lipinski definition) is 5. The second kappa shape index (κ2) is 7.47. The van der Waals surface area contributed by atoms with Crippen LogP contribution in [0.5, 0.6) is 0 Å². The van der Waals surface area contributed by atoms with Crippen LogP contribution in [0.1, 0.15) is 30.1 Å². The number of nitrogens with one attached hydrogen (secondary N) is 2. The number of carbonyl (C=O) groups excluding carboxylic acids is 2. The predicted octanol–water partition coefficient (Wildman–Crippen LogP) is 1.85. The summed E-state index contributed by atoms with van der Waals surface area (Å²) in [5.41, 5.74) is 1.03. The molecule has 5 nitrogen and oxygen atoms in total. The van der Waals surface area contributed by atoms with Gasteiger partial charge in [0.2, 0.25) is 5.91 Å². The topological polar surface area (TPSA) is 67.4 Å². The first-order valence-electron chi connectivity index (χ1n) is 7.09. The van der Waals surface area contributed by atoms with Gasteiger partial charge in [0, 0.05) is 17.5 Å². The number of ether oxygens (including phenoxy) is 1. The number of rotatable bonds is 5. The van der Waals surface area contributed by atoms with Gasteiger partial charge in [-0.25, -0.2) is 4.79 Å². The first-order valence-corrected chi connectivity index (χ1v) is 7.61. The van der Waals surface area contributed by atoms with Crippen molar-refractivity contribution in [2.24, 2.45) is 0 Å². The molecule has 2 N–H and O–H groups in total. The van der Waals surface area contributed by atoms with E-state index in [4.69, 9.17) is 4.74 Å². The van der Waals surface area contributed by atoms with Crippen LogP contribution in [0.3, 0.4) is 0 Å². The van der Waals surface area contributed by atoms with Crippen molar-refractivity contribution in [2.75, 3.05) is 18.5 Å². The molecule has 1 saturated heterocycles. The van der Waals surface area contributed by atoms with Gasteiger partial charge in [-0.15, -0.1) is 0 Å². The molecule has 0 aliphatic carbocycles. The van der Waals surface area contributed by atoms with Crippen molar-refractivity contribution in [2.45, 2.75) is 31.1 Å². The van der Waals surface area contributed by atoms with Crippen LogP contribution in [0, 0.1) is 0 Å². The monoisotopic (exact) mass is 308 g/mol. The zero-order valence-corrected chi connectivity index (χ0v) is 12.9. The Hall–Kier alpha value is -1.53.